The third kappa shape index (κ3) is 5.26. The number of hydrogen-bond donors (Lipinski definition) is 1. The molecule has 0 amide bonds. The molecule has 0 spiro atoms. The lowest BCUT2D eigenvalue weighted by Crippen LogP contribution is -2.21. The highest BCUT2D eigenvalue weighted by atomic mass is 19.1. The molecule has 30 heavy (non-hydrogen) atoms. The summed E-state index contributed by atoms with van der Waals surface area (Å²) in [6, 6.07) is 23.9. The number of halogens is 1. The molecule has 3 rings (SSSR count). The first kappa shape index (κ1) is 20.7. The maximum absolute atomic E-state index is 13.1. The summed E-state index contributed by atoms with van der Waals surface area (Å²) >= 11 is 0. The molecule has 150 valence electrons. The number of nitrogens with one attached hydrogen (secondary N) is 1. The van der Waals surface area contributed by atoms with Crippen LogP contribution in [0.1, 0.15) is 21.5 Å². The van der Waals surface area contributed by atoms with Crippen molar-refractivity contribution in [3.63, 3.8) is 0 Å². The molecule has 5 nitrogen and oxygen atoms in total. The Labute approximate surface area is 173 Å². The van der Waals surface area contributed by atoms with E-state index in [9.17, 15) is 14.0 Å². The molecule has 0 fully saturated rings. The van der Waals surface area contributed by atoms with Gasteiger partial charge in [0.25, 0.3) is 0 Å². The molecule has 3 aromatic rings. The van der Waals surface area contributed by atoms with Crippen molar-refractivity contribution >= 4 is 17.5 Å². The van der Waals surface area contributed by atoms with Crippen molar-refractivity contribution in [3.8, 4) is 0 Å². The number of methoxy groups -OCH3 is 1. The summed E-state index contributed by atoms with van der Waals surface area (Å²) in [6.07, 6.45) is 1.08. The monoisotopic (exact) mass is 402 g/mol. The molecule has 0 atom stereocenters. The van der Waals surface area contributed by atoms with E-state index >= 15 is 0 Å². The Morgan fingerprint density at radius 2 is 1.37 bits per heavy atom. The van der Waals surface area contributed by atoms with Gasteiger partial charge in [0, 0.05) is 22.8 Å². The lowest BCUT2D eigenvalue weighted by Gasteiger charge is -2.10. The van der Waals surface area contributed by atoms with E-state index in [1.54, 1.807) is 0 Å². The maximum atomic E-state index is 13.1. The van der Waals surface area contributed by atoms with Crippen molar-refractivity contribution in [1.29, 1.82) is 0 Å². The van der Waals surface area contributed by atoms with Crippen molar-refractivity contribution in [2.75, 3.05) is 7.11 Å². The number of rotatable bonds is 7. The smallest absolute Gasteiger partial charge is 0.356 e. The second kappa shape index (κ2) is 9.93. The van der Waals surface area contributed by atoms with Crippen LogP contribution in [0.4, 0.5) is 4.39 Å². The standard InChI is InChI=1S/C24H19FN2O3/c1-30-24(29)21(16-22(28)17-12-14-20(25)15-13-17)26-27-23(18-8-4-2-5-9-18)19-10-6-3-7-11-19/h2-16,26H,1H3/b21-16-. The summed E-state index contributed by atoms with van der Waals surface area (Å²) in [7, 11) is 1.21. The second-order valence-corrected chi connectivity index (χ2v) is 6.23. The molecule has 0 radical (unpaired) electrons. The van der Waals surface area contributed by atoms with Crippen LogP contribution in [-0.4, -0.2) is 24.6 Å². The van der Waals surface area contributed by atoms with Crippen molar-refractivity contribution in [2.45, 2.75) is 0 Å². The van der Waals surface area contributed by atoms with Crippen LogP contribution in [0.25, 0.3) is 0 Å². The van der Waals surface area contributed by atoms with E-state index in [-0.39, 0.29) is 11.3 Å². The van der Waals surface area contributed by atoms with Gasteiger partial charge in [0.15, 0.2) is 5.78 Å². The molecule has 0 heterocycles. The predicted octanol–water partition coefficient (Wildman–Crippen LogP) is 4.11. The molecular formula is C24H19FN2O3. The molecule has 0 aliphatic carbocycles. The number of allylic oxidation sites excluding steroid dienone is 1. The van der Waals surface area contributed by atoms with E-state index in [0.717, 1.165) is 17.2 Å². The van der Waals surface area contributed by atoms with Crippen LogP contribution in [0.2, 0.25) is 0 Å². The number of ether oxygens (including phenoxy) is 1. The average molecular weight is 402 g/mol. The quantitative estimate of drug-likeness (QED) is 0.212. The zero-order valence-corrected chi connectivity index (χ0v) is 16.2. The van der Waals surface area contributed by atoms with Crippen LogP contribution in [0.3, 0.4) is 0 Å². The van der Waals surface area contributed by atoms with E-state index in [1.807, 2.05) is 60.7 Å². The summed E-state index contributed by atoms with van der Waals surface area (Å²) in [6.45, 7) is 0. The number of benzene rings is 3. The van der Waals surface area contributed by atoms with Gasteiger partial charge in [-0.2, -0.15) is 5.10 Å². The van der Waals surface area contributed by atoms with Crippen LogP contribution in [-0.2, 0) is 9.53 Å². The normalized spacial score (nSPS) is 10.8. The fraction of sp³-hybridized carbons (Fsp3) is 0.0417. The van der Waals surface area contributed by atoms with Crippen LogP contribution < -0.4 is 5.43 Å². The highest BCUT2D eigenvalue weighted by molar-refractivity contribution is 6.13. The fourth-order valence-electron chi connectivity index (χ4n) is 2.68. The van der Waals surface area contributed by atoms with E-state index in [2.05, 4.69) is 10.5 Å². The topological polar surface area (TPSA) is 67.8 Å². The summed E-state index contributed by atoms with van der Waals surface area (Å²) in [5.41, 5.74) is 4.98. The van der Waals surface area contributed by atoms with Crippen LogP contribution >= 0.6 is 0 Å². The molecule has 0 bridgehead atoms. The zero-order chi connectivity index (χ0) is 21.3. The van der Waals surface area contributed by atoms with Crippen molar-refractivity contribution < 1.29 is 18.7 Å². The number of nitrogens with zero attached hydrogens (tertiary/aromatic N) is 1. The first-order valence-corrected chi connectivity index (χ1v) is 9.13. The largest absolute Gasteiger partial charge is 0.464 e. The summed E-state index contributed by atoms with van der Waals surface area (Å²) < 4.78 is 17.9. The number of ketones is 1. The number of carbonyl (C=O) groups excluding carboxylic acids is 2. The minimum absolute atomic E-state index is 0.142. The van der Waals surface area contributed by atoms with Gasteiger partial charge in [0.05, 0.1) is 12.8 Å². The Hall–Kier alpha value is -4.06. The van der Waals surface area contributed by atoms with Gasteiger partial charge in [-0.3, -0.25) is 10.2 Å². The van der Waals surface area contributed by atoms with Gasteiger partial charge in [-0.1, -0.05) is 60.7 Å². The van der Waals surface area contributed by atoms with E-state index < -0.39 is 17.6 Å². The highest BCUT2D eigenvalue weighted by Crippen LogP contribution is 2.11. The molecule has 0 aliphatic heterocycles. The summed E-state index contributed by atoms with van der Waals surface area (Å²) in [5.74, 6) is -1.70. The van der Waals surface area contributed by atoms with Crippen molar-refractivity contribution in [3.05, 3.63) is 119 Å². The molecule has 3 aromatic carbocycles. The Kier molecular flexibility index (Phi) is 6.84. The number of hydrazone groups is 1. The van der Waals surface area contributed by atoms with Gasteiger partial charge in [0.2, 0.25) is 0 Å². The predicted molar refractivity (Wildman–Crippen MR) is 112 cm³/mol. The molecule has 0 unspecified atom stereocenters. The third-order valence-corrected chi connectivity index (χ3v) is 4.19. The third-order valence-electron chi connectivity index (χ3n) is 4.19. The summed E-state index contributed by atoms with van der Waals surface area (Å²) in [4.78, 5) is 24.7. The Morgan fingerprint density at radius 3 is 1.87 bits per heavy atom. The Morgan fingerprint density at radius 1 is 0.833 bits per heavy atom. The number of hydrogen-bond acceptors (Lipinski definition) is 5. The average Bonchev–Trinajstić information content (AvgIpc) is 2.79. The highest BCUT2D eigenvalue weighted by Gasteiger charge is 2.14. The molecule has 0 aliphatic rings. The molecular weight excluding hydrogens is 383 g/mol. The molecule has 1 N–H and O–H groups in total. The molecule has 0 saturated carbocycles. The second-order valence-electron chi connectivity index (χ2n) is 6.23. The van der Waals surface area contributed by atoms with Gasteiger partial charge in [-0.05, 0) is 24.3 Å². The van der Waals surface area contributed by atoms with Crippen LogP contribution in [0, 0.1) is 5.82 Å². The first-order chi connectivity index (χ1) is 14.6. The Bertz CT molecular complexity index is 1030. The van der Waals surface area contributed by atoms with E-state index in [4.69, 9.17) is 4.74 Å². The maximum Gasteiger partial charge on any atom is 0.356 e. The number of esters is 1. The minimum atomic E-state index is -0.755. The Balaban J connectivity index is 1.96. The molecule has 6 heteroatoms. The summed E-state index contributed by atoms with van der Waals surface area (Å²) in [5, 5.41) is 4.38. The van der Waals surface area contributed by atoms with E-state index in [0.29, 0.717) is 5.71 Å². The van der Waals surface area contributed by atoms with Gasteiger partial charge in [-0.15, -0.1) is 0 Å². The lowest BCUT2D eigenvalue weighted by molar-refractivity contribution is -0.136. The van der Waals surface area contributed by atoms with Crippen LogP contribution in [0.15, 0.2) is 102 Å². The lowest BCUT2D eigenvalue weighted by atomic mass is 10.0. The van der Waals surface area contributed by atoms with Crippen molar-refractivity contribution in [2.24, 2.45) is 5.10 Å². The number of carbonyl (C=O) groups is 2. The van der Waals surface area contributed by atoms with Gasteiger partial charge in [0.1, 0.15) is 11.5 Å². The fourth-order valence-corrected chi connectivity index (χ4v) is 2.68. The molecule has 0 aromatic heterocycles. The van der Waals surface area contributed by atoms with E-state index in [1.165, 1.54) is 31.4 Å². The SMILES string of the molecule is COC(=O)/C(=C/C(=O)c1ccc(F)cc1)NN=C(c1ccccc1)c1ccccc1. The zero-order valence-electron chi connectivity index (χ0n) is 16.2. The van der Waals surface area contributed by atoms with Gasteiger partial charge >= 0.3 is 5.97 Å². The van der Waals surface area contributed by atoms with Gasteiger partial charge < -0.3 is 4.74 Å². The van der Waals surface area contributed by atoms with Crippen LogP contribution in [0.5, 0.6) is 0 Å². The first-order valence-electron chi connectivity index (χ1n) is 9.13. The minimum Gasteiger partial charge on any atom is -0.464 e. The van der Waals surface area contributed by atoms with Crippen molar-refractivity contribution in [1.82, 2.24) is 5.43 Å². The molecule has 0 saturated heterocycles. The van der Waals surface area contributed by atoms with Gasteiger partial charge in [-0.25, -0.2) is 9.18 Å².